The Morgan fingerprint density at radius 1 is 1.17 bits per heavy atom. The van der Waals surface area contributed by atoms with Gasteiger partial charge in [-0.2, -0.15) is 0 Å². The van der Waals surface area contributed by atoms with E-state index in [4.69, 9.17) is 5.11 Å². The third-order valence-corrected chi connectivity index (χ3v) is 3.79. The molecule has 5 heteroatoms. The molecule has 0 radical (unpaired) electrons. The molecule has 1 heterocycles. The van der Waals surface area contributed by atoms with Gasteiger partial charge in [0.1, 0.15) is 0 Å². The van der Waals surface area contributed by atoms with Gasteiger partial charge in [0.15, 0.2) is 0 Å². The summed E-state index contributed by atoms with van der Waals surface area (Å²) in [5.74, 6) is -0.458. The minimum atomic E-state index is -0.830. The molecule has 0 aromatic heterocycles. The highest BCUT2D eigenvalue weighted by Crippen LogP contribution is 2.34. The Labute approximate surface area is 108 Å². The van der Waals surface area contributed by atoms with Crippen LogP contribution in [-0.4, -0.2) is 41.1 Å². The SMILES string of the molecule is O=C(O)CC(NC(=O)N1CCCCCC1)C1CC1. The van der Waals surface area contributed by atoms with E-state index in [2.05, 4.69) is 5.32 Å². The van der Waals surface area contributed by atoms with Gasteiger partial charge in [-0.05, 0) is 31.6 Å². The van der Waals surface area contributed by atoms with E-state index >= 15 is 0 Å². The summed E-state index contributed by atoms with van der Waals surface area (Å²) in [6.45, 7) is 1.60. The number of urea groups is 1. The van der Waals surface area contributed by atoms with Crippen molar-refractivity contribution >= 4 is 12.0 Å². The molecule has 0 aromatic rings. The van der Waals surface area contributed by atoms with Crippen molar-refractivity contribution < 1.29 is 14.7 Å². The fraction of sp³-hybridized carbons (Fsp3) is 0.846. The topological polar surface area (TPSA) is 69.6 Å². The van der Waals surface area contributed by atoms with Gasteiger partial charge in [0, 0.05) is 19.1 Å². The molecule has 1 unspecified atom stereocenters. The molecule has 1 saturated heterocycles. The number of carbonyl (C=O) groups is 2. The molecule has 102 valence electrons. The zero-order valence-electron chi connectivity index (χ0n) is 10.7. The summed E-state index contributed by atoms with van der Waals surface area (Å²) in [5.41, 5.74) is 0. The summed E-state index contributed by atoms with van der Waals surface area (Å²) in [5, 5.41) is 11.8. The summed E-state index contributed by atoms with van der Waals surface area (Å²) in [6.07, 6.45) is 6.61. The molecule has 2 fully saturated rings. The third-order valence-electron chi connectivity index (χ3n) is 3.79. The molecule has 0 spiro atoms. The molecule has 1 atom stereocenters. The van der Waals surface area contributed by atoms with Crippen molar-refractivity contribution in [2.24, 2.45) is 5.92 Å². The van der Waals surface area contributed by atoms with Crippen LogP contribution in [0.3, 0.4) is 0 Å². The van der Waals surface area contributed by atoms with Crippen molar-refractivity contribution in [3.05, 3.63) is 0 Å². The maximum Gasteiger partial charge on any atom is 0.317 e. The Kier molecular flexibility index (Phi) is 4.44. The van der Waals surface area contributed by atoms with Gasteiger partial charge in [-0.3, -0.25) is 4.79 Å². The molecule has 1 aliphatic heterocycles. The van der Waals surface area contributed by atoms with Gasteiger partial charge < -0.3 is 15.3 Å². The Bertz CT molecular complexity index is 307. The molecule has 18 heavy (non-hydrogen) atoms. The summed E-state index contributed by atoms with van der Waals surface area (Å²) in [7, 11) is 0. The van der Waals surface area contributed by atoms with E-state index in [9.17, 15) is 9.59 Å². The highest BCUT2D eigenvalue weighted by molar-refractivity contribution is 5.76. The van der Waals surface area contributed by atoms with Crippen molar-refractivity contribution in [1.82, 2.24) is 10.2 Å². The lowest BCUT2D eigenvalue weighted by Crippen LogP contribution is -2.46. The van der Waals surface area contributed by atoms with Crippen molar-refractivity contribution in [1.29, 1.82) is 0 Å². The summed E-state index contributed by atoms with van der Waals surface area (Å²) in [4.78, 5) is 24.7. The molecule has 1 saturated carbocycles. The van der Waals surface area contributed by atoms with Crippen LogP contribution in [0.15, 0.2) is 0 Å². The number of nitrogens with zero attached hydrogens (tertiary/aromatic N) is 1. The van der Waals surface area contributed by atoms with Crippen LogP contribution >= 0.6 is 0 Å². The Morgan fingerprint density at radius 2 is 1.78 bits per heavy atom. The zero-order chi connectivity index (χ0) is 13.0. The van der Waals surface area contributed by atoms with Gasteiger partial charge in [0.2, 0.25) is 0 Å². The quantitative estimate of drug-likeness (QED) is 0.804. The molecule has 2 rings (SSSR count). The Hall–Kier alpha value is -1.26. The number of carboxylic acids is 1. The number of amides is 2. The van der Waals surface area contributed by atoms with Gasteiger partial charge in [-0.15, -0.1) is 0 Å². The fourth-order valence-corrected chi connectivity index (χ4v) is 2.55. The highest BCUT2D eigenvalue weighted by atomic mass is 16.4. The number of hydrogen-bond donors (Lipinski definition) is 2. The standard InChI is InChI=1S/C13H22N2O3/c16-12(17)9-11(10-5-6-10)14-13(18)15-7-3-1-2-4-8-15/h10-11H,1-9H2,(H,14,18)(H,16,17). The van der Waals surface area contributed by atoms with Gasteiger partial charge in [0.05, 0.1) is 6.42 Å². The van der Waals surface area contributed by atoms with Gasteiger partial charge in [-0.25, -0.2) is 4.79 Å². The minimum absolute atomic E-state index is 0.0459. The van der Waals surface area contributed by atoms with Gasteiger partial charge in [0.25, 0.3) is 0 Å². The predicted octanol–water partition coefficient (Wildman–Crippen LogP) is 1.83. The second-order valence-corrected chi connectivity index (χ2v) is 5.39. The monoisotopic (exact) mass is 254 g/mol. The maximum atomic E-state index is 12.1. The van der Waals surface area contributed by atoms with Crippen LogP contribution in [0.4, 0.5) is 4.79 Å². The zero-order valence-corrected chi connectivity index (χ0v) is 10.7. The first-order valence-corrected chi connectivity index (χ1v) is 6.94. The Morgan fingerprint density at radius 3 is 2.28 bits per heavy atom. The number of likely N-dealkylation sites (tertiary alicyclic amines) is 1. The fourth-order valence-electron chi connectivity index (χ4n) is 2.55. The molecule has 2 amide bonds. The van der Waals surface area contributed by atoms with Crippen molar-refractivity contribution in [2.75, 3.05) is 13.1 Å². The van der Waals surface area contributed by atoms with Crippen LogP contribution < -0.4 is 5.32 Å². The second-order valence-electron chi connectivity index (χ2n) is 5.39. The average Bonchev–Trinajstić information content (AvgIpc) is 3.15. The van der Waals surface area contributed by atoms with E-state index < -0.39 is 5.97 Å². The van der Waals surface area contributed by atoms with Crippen molar-refractivity contribution in [3.63, 3.8) is 0 Å². The van der Waals surface area contributed by atoms with Crippen LogP contribution in [0, 0.1) is 5.92 Å². The summed E-state index contributed by atoms with van der Waals surface area (Å²) < 4.78 is 0. The molecule has 2 aliphatic rings. The largest absolute Gasteiger partial charge is 0.481 e. The van der Waals surface area contributed by atoms with E-state index in [0.717, 1.165) is 38.8 Å². The number of hydrogen-bond acceptors (Lipinski definition) is 2. The lowest BCUT2D eigenvalue weighted by molar-refractivity contribution is -0.137. The smallest absolute Gasteiger partial charge is 0.317 e. The highest BCUT2D eigenvalue weighted by Gasteiger charge is 2.34. The first kappa shape index (κ1) is 13.2. The molecule has 5 nitrogen and oxygen atoms in total. The van der Waals surface area contributed by atoms with Crippen LogP contribution in [0.1, 0.15) is 44.9 Å². The number of nitrogens with one attached hydrogen (secondary N) is 1. The first-order chi connectivity index (χ1) is 8.66. The second kappa shape index (κ2) is 6.07. The van der Waals surface area contributed by atoms with Crippen LogP contribution in [0.5, 0.6) is 0 Å². The number of carbonyl (C=O) groups excluding carboxylic acids is 1. The maximum absolute atomic E-state index is 12.1. The van der Waals surface area contributed by atoms with Crippen LogP contribution in [0.2, 0.25) is 0 Å². The number of rotatable bonds is 4. The molecule has 1 aliphatic carbocycles. The van der Waals surface area contributed by atoms with Crippen LogP contribution in [0.25, 0.3) is 0 Å². The normalized spacial score (nSPS) is 22.1. The molecule has 0 aromatic carbocycles. The molecular weight excluding hydrogens is 232 g/mol. The lowest BCUT2D eigenvalue weighted by atomic mass is 10.1. The summed E-state index contributed by atoms with van der Waals surface area (Å²) >= 11 is 0. The van der Waals surface area contributed by atoms with E-state index in [-0.39, 0.29) is 18.5 Å². The van der Waals surface area contributed by atoms with E-state index in [1.54, 1.807) is 0 Å². The number of aliphatic carboxylic acids is 1. The van der Waals surface area contributed by atoms with Crippen LogP contribution in [-0.2, 0) is 4.79 Å². The van der Waals surface area contributed by atoms with Crippen molar-refractivity contribution in [3.8, 4) is 0 Å². The van der Waals surface area contributed by atoms with E-state index in [0.29, 0.717) is 5.92 Å². The summed E-state index contributed by atoms with van der Waals surface area (Å²) in [6, 6.07) is -0.256. The average molecular weight is 254 g/mol. The third kappa shape index (κ3) is 3.89. The lowest BCUT2D eigenvalue weighted by Gasteiger charge is -2.24. The van der Waals surface area contributed by atoms with Gasteiger partial charge >= 0.3 is 12.0 Å². The van der Waals surface area contributed by atoms with Crippen molar-refractivity contribution in [2.45, 2.75) is 51.0 Å². The first-order valence-electron chi connectivity index (χ1n) is 6.94. The van der Waals surface area contributed by atoms with Gasteiger partial charge in [-0.1, -0.05) is 12.8 Å². The van der Waals surface area contributed by atoms with E-state index in [1.165, 1.54) is 12.8 Å². The predicted molar refractivity (Wildman–Crippen MR) is 67.3 cm³/mol. The molecule has 2 N–H and O–H groups in total. The minimum Gasteiger partial charge on any atom is -0.481 e. The molecular formula is C13H22N2O3. The number of carboxylic acid groups (broad SMARTS) is 1. The van der Waals surface area contributed by atoms with E-state index in [1.807, 2.05) is 4.90 Å². The Balaban J connectivity index is 1.85. The molecule has 0 bridgehead atoms.